The van der Waals surface area contributed by atoms with Crippen molar-refractivity contribution in [2.24, 2.45) is 0 Å². The average molecular weight is 432 g/mol. The van der Waals surface area contributed by atoms with Gasteiger partial charge in [-0.3, -0.25) is 5.32 Å². The monoisotopic (exact) mass is 432 g/mol. The number of halogens is 3. The number of rotatable bonds is 7. The number of para-hydroxylation sites is 1. The number of nitrogens with one attached hydrogen (secondary N) is 2. The van der Waals surface area contributed by atoms with Crippen LogP contribution in [0.1, 0.15) is 33.8 Å². The highest BCUT2D eigenvalue weighted by Crippen LogP contribution is 2.39. The lowest BCUT2D eigenvalue weighted by Crippen LogP contribution is -2.32. The van der Waals surface area contributed by atoms with Crippen LogP contribution in [-0.4, -0.2) is 37.4 Å². The van der Waals surface area contributed by atoms with Gasteiger partial charge in [0.15, 0.2) is 0 Å². The van der Waals surface area contributed by atoms with E-state index in [9.17, 15) is 27.9 Å². The number of aliphatic hydroxyl groups is 1. The summed E-state index contributed by atoms with van der Waals surface area (Å²) in [6, 6.07) is 6.37. The second-order valence-electron chi connectivity index (χ2n) is 5.66. The van der Waals surface area contributed by atoms with Crippen molar-refractivity contribution in [3.05, 3.63) is 46.3 Å². The number of hydrogen-bond donors (Lipinski definition) is 3. The van der Waals surface area contributed by atoms with Crippen molar-refractivity contribution in [1.82, 2.24) is 5.32 Å². The third-order valence-electron chi connectivity index (χ3n) is 3.69. The molecule has 1 aromatic heterocycles. The Bertz CT molecular complexity index is 869. The average Bonchev–Trinajstić information content (AvgIpc) is 3.10. The zero-order valence-electron chi connectivity index (χ0n) is 15.5. The van der Waals surface area contributed by atoms with Gasteiger partial charge in [-0.1, -0.05) is 18.2 Å². The minimum Gasteiger partial charge on any atom is -0.496 e. The number of thiophene rings is 1. The maximum Gasteiger partial charge on any atom is 0.425 e. The first kappa shape index (κ1) is 22.5. The minimum atomic E-state index is -4.68. The van der Waals surface area contributed by atoms with Crippen LogP contribution in [0, 0.1) is 0 Å². The summed E-state index contributed by atoms with van der Waals surface area (Å²) >= 11 is 0.205. The SMILES string of the molecule is CCOC(=O)c1cc(C(F)(F)F)sc1NC(=O)NCC(O)c1ccccc1OC. The van der Waals surface area contributed by atoms with Crippen LogP contribution in [0.4, 0.5) is 23.0 Å². The number of carbonyl (C=O) groups excluding carboxylic acids is 2. The summed E-state index contributed by atoms with van der Waals surface area (Å²) in [6.45, 7) is 1.24. The predicted octanol–water partition coefficient (Wildman–Crippen LogP) is 3.81. The van der Waals surface area contributed by atoms with Crippen LogP contribution in [0.25, 0.3) is 0 Å². The van der Waals surface area contributed by atoms with Gasteiger partial charge in [-0.15, -0.1) is 11.3 Å². The smallest absolute Gasteiger partial charge is 0.425 e. The Morgan fingerprint density at radius 3 is 2.59 bits per heavy atom. The Morgan fingerprint density at radius 2 is 1.97 bits per heavy atom. The molecule has 0 saturated carbocycles. The first-order valence-electron chi connectivity index (χ1n) is 8.41. The number of ether oxygens (including phenoxy) is 2. The quantitative estimate of drug-likeness (QED) is 0.578. The number of benzene rings is 1. The lowest BCUT2D eigenvalue weighted by atomic mass is 10.1. The van der Waals surface area contributed by atoms with Crippen LogP contribution in [0.2, 0.25) is 0 Å². The molecule has 2 aromatic rings. The molecule has 0 saturated heterocycles. The molecule has 0 aliphatic carbocycles. The lowest BCUT2D eigenvalue weighted by molar-refractivity contribution is -0.134. The molecule has 11 heteroatoms. The van der Waals surface area contributed by atoms with E-state index < -0.39 is 34.7 Å². The van der Waals surface area contributed by atoms with Gasteiger partial charge >= 0.3 is 18.2 Å². The molecule has 0 fully saturated rings. The zero-order valence-corrected chi connectivity index (χ0v) is 16.3. The van der Waals surface area contributed by atoms with E-state index in [0.29, 0.717) is 17.4 Å². The summed E-state index contributed by atoms with van der Waals surface area (Å²) in [5, 5.41) is 14.5. The maximum atomic E-state index is 13.0. The van der Waals surface area contributed by atoms with E-state index in [1.165, 1.54) is 14.0 Å². The van der Waals surface area contributed by atoms with Crippen molar-refractivity contribution in [2.75, 3.05) is 25.6 Å². The van der Waals surface area contributed by atoms with E-state index in [1.807, 2.05) is 0 Å². The second-order valence-corrected chi connectivity index (χ2v) is 6.72. The molecule has 1 unspecified atom stereocenters. The zero-order chi connectivity index (χ0) is 21.6. The Hall–Kier alpha value is -2.79. The lowest BCUT2D eigenvalue weighted by Gasteiger charge is -2.15. The van der Waals surface area contributed by atoms with Crippen LogP contribution < -0.4 is 15.4 Å². The van der Waals surface area contributed by atoms with Crippen molar-refractivity contribution in [3.8, 4) is 5.75 Å². The van der Waals surface area contributed by atoms with Gasteiger partial charge in [0.05, 0.1) is 25.4 Å². The molecule has 158 valence electrons. The van der Waals surface area contributed by atoms with Crippen LogP contribution in [0.15, 0.2) is 30.3 Å². The Balaban J connectivity index is 2.09. The van der Waals surface area contributed by atoms with Crippen molar-refractivity contribution >= 4 is 28.3 Å². The molecule has 0 radical (unpaired) electrons. The first-order chi connectivity index (χ1) is 13.7. The van der Waals surface area contributed by atoms with Crippen molar-refractivity contribution in [1.29, 1.82) is 0 Å². The summed E-state index contributed by atoms with van der Waals surface area (Å²) in [6.07, 6.45) is -5.79. The minimum absolute atomic E-state index is 0.0350. The van der Waals surface area contributed by atoms with Gasteiger partial charge < -0.3 is 19.9 Å². The van der Waals surface area contributed by atoms with Crippen LogP contribution >= 0.6 is 11.3 Å². The molecule has 1 heterocycles. The number of hydrogen-bond acceptors (Lipinski definition) is 6. The number of anilines is 1. The number of amides is 2. The maximum absolute atomic E-state index is 13.0. The number of esters is 1. The highest BCUT2D eigenvalue weighted by molar-refractivity contribution is 7.16. The van der Waals surface area contributed by atoms with Gasteiger partial charge in [0, 0.05) is 12.1 Å². The molecule has 1 atom stereocenters. The molecular formula is C18H19F3N2O5S. The van der Waals surface area contributed by atoms with E-state index in [0.717, 1.165) is 0 Å². The van der Waals surface area contributed by atoms with Crippen LogP contribution in [0.5, 0.6) is 5.75 Å². The predicted molar refractivity (Wildman–Crippen MR) is 100 cm³/mol. The molecule has 0 aliphatic rings. The summed E-state index contributed by atoms with van der Waals surface area (Å²) in [5.41, 5.74) is 0.0302. The summed E-state index contributed by atoms with van der Waals surface area (Å²) in [4.78, 5) is 23.0. The highest BCUT2D eigenvalue weighted by atomic mass is 32.1. The summed E-state index contributed by atoms with van der Waals surface area (Å²) < 4.78 is 48.8. The number of aliphatic hydroxyl groups excluding tert-OH is 1. The van der Waals surface area contributed by atoms with Gasteiger partial charge in [0.1, 0.15) is 15.6 Å². The number of carbonyl (C=O) groups is 2. The standard InChI is InChI=1S/C18H19F3N2O5S/c1-3-28-16(25)11-8-14(18(19,20)21)29-15(11)23-17(26)22-9-12(24)10-6-4-5-7-13(10)27-2/h4-8,12,24H,3,9H2,1-2H3,(H2,22,23,26). The van der Waals surface area contributed by atoms with Gasteiger partial charge in [0.2, 0.25) is 0 Å². The molecule has 3 N–H and O–H groups in total. The molecule has 7 nitrogen and oxygen atoms in total. The molecule has 2 rings (SSSR count). The first-order valence-corrected chi connectivity index (χ1v) is 9.23. The van der Waals surface area contributed by atoms with Gasteiger partial charge in [0.25, 0.3) is 0 Å². The van der Waals surface area contributed by atoms with Crippen molar-refractivity contribution < 1.29 is 37.3 Å². The largest absolute Gasteiger partial charge is 0.496 e. The number of urea groups is 1. The van der Waals surface area contributed by atoms with Crippen molar-refractivity contribution in [2.45, 2.75) is 19.2 Å². The van der Waals surface area contributed by atoms with E-state index >= 15 is 0 Å². The molecule has 0 bridgehead atoms. The van der Waals surface area contributed by atoms with E-state index in [-0.39, 0.29) is 29.5 Å². The van der Waals surface area contributed by atoms with Crippen LogP contribution in [0.3, 0.4) is 0 Å². The number of alkyl halides is 3. The molecule has 29 heavy (non-hydrogen) atoms. The fraction of sp³-hybridized carbons (Fsp3) is 0.333. The summed E-state index contributed by atoms with van der Waals surface area (Å²) in [7, 11) is 1.43. The number of methoxy groups -OCH3 is 1. The van der Waals surface area contributed by atoms with Gasteiger partial charge in [-0.2, -0.15) is 13.2 Å². The second kappa shape index (κ2) is 9.61. The van der Waals surface area contributed by atoms with Crippen molar-refractivity contribution in [3.63, 3.8) is 0 Å². The molecular weight excluding hydrogens is 413 g/mol. The van der Waals surface area contributed by atoms with E-state index in [2.05, 4.69) is 10.6 Å². The van der Waals surface area contributed by atoms with Gasteiger partial charge in [-0.05, 0) is 19.1 Å². The van der Waals surface area contributed by atoms with Crippen LogP contribution in [-0.2, 0) is 10.9 Å². The fourth-order valence-electron chi connectivity index (χ4n) is 2.37. The molecule has 1 aromatic carbocycles. The topological polar surface area (TPSA) is 96.9 Å². The fourth-order valence-corrected chi connectivity index (χ4v) is 3.28. The Labute approximate surface area is 168 Å². The molecule has 2 amide bonds. The normalized spacial score (nSPS) is 12.2. The third-order valence-corrected chi connectivity index (χ3v) is 4.78. The Morgan fingerprint density at radius 1 is 1.28 bits per heavy atom. The summed E-state index contributed by atoms with van der Waals surface area (Å²) in [5.74, 6) is -0.566. The van der Waals surface area contributed by atoms with E-state index in [4.69, 9.17) is 9.47 Å². The molecule has 0 aliphatic heterocycles. The van der Waals surface area contributed by atoms with Gasteiger partial charge in [-0.25, -0.2) is 9.59 Å². The van der Waals surface area contributed by atoms with E-state index in [1.54, 1.807) is 24.3 Å². The molecule has 0 spiro atoms. The Kier molecular flexibility index (Phi) is 7.46. The third kappa shape index (κ3) is 5.84. The highest BCUT2D eigenvalue weighted by Gasteiger charge is 2.35.